The second kappa shape index (κ2) is 7.25. The first-order valence-electron chi connectivity index (χ1n) is 7.02. The van der Waals surface area contributed by atoms with Crippen LogP contribution in [0.4, 0.5) is 4.39 Å². The molecule has 0 aliphatic carbocycles. The Kier molecular flexibility index (Phi) is 6.28. The lowest BCUT2D eigenvalue weighted by Crippen LogP contribution is -2.41. The summed E-state index contributed by atoms with van der Waals surface area (Å²) in [6.07, 6.45) is 2.74. The van der Waals surface area contributed by atoms with Gasteiger partial charge in [0.05, 0.1) is 0 Å². The Hall–Kier alpha value is -0.600. The van der Waals surface area contributed by atoms with Crippen LogP contribution in [0.2, 0.25) is 5.02 Å². The average molecular weight is 286 g/mol. The van der Waals surface area contributed by atoms with Gasteiger partial charge in [-0.15, -0.1) is 0 Å². The first kappa shape index (κ1) is 16.5. The first-order chi connectivity index (χ1) is 8.84. The number of halogens is 2. The molecule has 0 saturated heterocycles. The lowest BCUT2D eigenvalue weighted by molar-refractivity contribution is 0.255. The highest BCUT2D eigenvalue weighted by atomic mass is 35.5. The predicted octanol–water partition coefficient (Wildman–Crippen LogP) is 4.83. The van der Waals surface area contributed by atoms with E-state index in [9.17, 15) is 4.39 Å². The molecule has 0 saturated carbocycles. The molecule has 1 unspecified atom stereocenters. The van der Waals surface area contributed by atoms with Crippen molar-refractivity contribution in [2.75, 3.05) is 6.54 Å². The molecule has 19 heavy (non-hydrogen) atoms. The number of hydrogen-bond acceptors (Lipinski definition) is 1. The molecule has 0 fully saturated rings. The van der Waals surface area contributed by atoms with Gasteiger partial charge in [0.1, 0.15) is 5.82 Å². The van der Waals surface area contributed by atoms with Crippen molar-refractivity contribution in [2.45, 2.75) is 53.0 Å². The van der Waals surface area contributed by atoms with E-state index >= 15 is 0 Å². The molecule has 0 heterocycles. The second-order valence-corrected chi connectivity index (χ2v) is 6.58. The highest BCUT2D eigenvalue weighted by Gasteiger charge is 2.23. The normalized spacial score (nSPS) is 13.6. The van der Waals surface area contributed by atoms with Gasteiger partial charge in [-0.25, -0.2) is 4.39 Å². The minimum absolute atomic E-state index is 0.160. The zero-order valence-electron chi connectivity index (χ0n) is 12.4. The van der Waals surface area contributed by atoms with Crippen molar-refractivity contribution in [3.63, 3.8) is 0 Å². The SMILES string of the molecule is CCCNC(CCc1cc(Cl)ccc1F)C(C)(C)C. The van der Waals surface area contributed by atoms with Crippen molar-refractivity contribution in [3.8, 4) is 0 Å². The van der Waals surface area contributed by atoms with Crippen LogP contribution >= 0.6 is 11.6 Å². The van der Waals surface area contributed by atoms with E-state index in [4.69, 9.17) is 11.6 Å². The Bertz CT molecular complexity index is 398. The number of nitrogens with one attached hydrogen (secondary N) is 1. The molecular formula is C16H25ClFN. The topological polar surface area (TPSA) is 12.0 Å². The molecule has 0 aliphatic rings. The Morgan fingerprint density at radius 1 is 1.32 bits per heavy atom. The molecular weight excluding hydrogens is 261 g/mol. The van der Waals surface area contributed by atoms with Gasteiger partial charge in [-0.05, 0) is 55.0 Å². The van der Waals surface area contributed by atoms with Crippen molar-refractivity contribution >= 4 is 11.6 Å². The van der Waals surface area contributed by atoms with E-state index in [2.05, 4.69) is 33.0 Å². The zero-order valence-corrected chi connectivity index (χ0v) is 13.1. The molecule has 108 valence electrons. The summed E-state index contributed by atoms with van der Waals surface area (Å²) in [5, 5.41) is 4.16. The Morgan fingerprint density at radius 3 is 2.58 bits per heavy atom. The van der Waals surface area contributed by atoms with Crippen molar-refractivity contribution in [2.24, 2.45) is 5.41 Å². The van der Waals surface area contributed by atoms with Crippen LogP contribution in [0, 0.1) is 11.2 Å². The molecule has 0 spiro atoms. The lowest BCUT2D eigenvalue weighted by atomic mass is 9.83. The minimum Gasteiger partial charge on any atom is -0.313 e. The molecule has 0 amide bonds. The van der Waals surface area contributed by atoms with Crippen LogP contribution in [-0.2, 0) is 6.42 Å². The third kappa shape index (κ3) is 5.50. The molecule has 0 aromatic heterocycles. The van der Waals surface area contributed by atoms with Crippen LogP contribution in [-0.4, -0.2) is 12.6 Å². The number of aryl methyl sites for hydroxylation is 1. The third-order valence-electron chi connectivity index (χ3n) is 3.40. The van der Waals surface area contributed by atoms with Gasteiger partial charge < -0.3 is 5.32 Å². The van der Waals surface area contributed by atoms with E-state index in [1.165, 1.54) is 6.07 Å². The molecule has 1 N–H and O–H groups in total. The van der Waals surface area contributed by atoms with Gasteiger partial charge in [0.2, 0.25) is 0 Å². The Labute approximate surface area is 121 Å². The van der Waals surface area contributed by atoms with E-state index in [1.54, 1.807) is 12.1 Å². The summed E-state index contributed by atoms with van der Waals surface area (Å²) < 4.78 is 13.7. The van der Waals surface area contributed by atoms with Crippen LogP contribution in [0.25, 0.3) is 0 Å². The molecule has 0 bridgehead atoms. The van der Waals surface area contributed by atoms with E-state index in [-0.39, 0.29) is 11.2 Å². The maximum atomic E-state index is 13.7. The van der Waals surface area contributed by atoms with Gasteiger partial charge in [0.15, 0.2) is 0 Å². The van der Waals surface area contributed by atoms with Gasteiger partial charge in [-0.2, -0.15) is 0 Å². The Balaban J connectivity index is 2.67. The summed E-state index contributed by atoms with van der Waals surface area (Å²) in [6, 6.07) is 5.15. The molecule has 0 radical (unpaired) electrons. The largest absolute Gasteiger partial charge is 0.313 e. The third-order valence-corrected chi connectivity index (χ3v) is 3.63. The molecule has 3 heteroatoms. The molecule has 1 nitrogen and oxygen atoms in total. The molecule has 1 aromatic carbocycles. The second-order valence-electron chi connectivity index (χ2n) is 6.15. The van der Waals surface area contributed by atoms with Crippen LogP contribution in [0.1, 0.15) is 46.1 Å². The standard InChI is InChI=1S/C16H25ClFN/c1-5-10-19-15(16(2,3)4)9-6-12-11-13(17)7-8-14(12)18/h7-8,11,15,19H,5-6,9-10H2,1-4H3. The van der Waals surface area contributed by atoms with Crippen LogP contribution in [0.5, 0.6) is 0 Å². The fraction of sp³-hybridized carbons (Fsp3) is 0.625. The number of rotatable bonds is 6. The van der Waals surface area contributed by atoms with Crippen molar-refractivity contribution < 1.29 is 4.39 Å². The maximum Gasteiger partial charge on any atom is 0.126 e. The van der Waals surface area contributed by atoms with Gasteiger partial charge in [0.25, 0.3) is 0 Å². The summed E-state index contributed by atoms with van der Waals surface area (Å²) in [6.45, 7) is 9.81. The molecule has 1 atom stereocenters. The average Bonchev–Trinajstić information content (AvgIpc) is 2.31. The van der Waals surface area contributed by atoms with E-state index < -0.39 is 0 Å². The van der Waals surface area contributed by atoms with Gasteiger partial charge >= 0.3 is 0 Å². The molecule has 0 aliphatic heterocycles. The number of benzene rings is 1. The molecule has 1 rings (SSSR count). The Morgan fingerprint density at radius 2 is 2.00 bits per heavy atom. The first-order valence-corrected chi connectivity index (χ1v) is 7.39. The predicted molar refractivity (Wildman–Crippen MR) is 81.3 cm³/mol. The molecule has 1 aromatic rings. The van der Waals surface area contributed by atoms with Gasteiger partial charge in [0, 0.05) is 11.1 Å². The van der Waals surface area contributed by atoms with E-state index in [0.29, 0.717) is 23.0 Å². The van der Waals surface area contributed by atoms with Gasteiger partial charge in [-0.3, -0.25) is 0 Å². The van der Waals surface area contributed by atoms with E-state index in [0.717, 1.165) is 19.4 Å². The lowest BCUT2D eigenvalue weighted by Gasteiger charge is -2.32. The quantitative estimate of drug-likeness (QED) is 0.790. The van der Waals surface area contributed by atoms with Crippen molar-refractivity contribution in [3.05, 3.63) is 34.6 Å². The van der Waals surface area contributed by atoms with Crippen molar-refractivity contribution in [1.29, 1.82) is 0 Å². The minimum atomic E-state index is -0.160. The maximum absolute atomic E-state index is 13.7. The summed E-state index contributed by atoms with van der Waals surface area (Å²) in [7, 11) is 0. The van der Waals surface area contributed by atoms with Crippen LogP contribution < -0.4 is 5.32 Å². The van der Waals surface area contributed by atoms with Crippen LogP contribution in [0.15, 0.2) is 18.2 Å². The fourth-order valence-electron chi connectivity index (χ4n) is 2.19. The highest BCUT2D eigenvalue weighted by Crippen LogP contribution is 2.24. The summed E-state index contributed by atoms with van der Waals surface area (Å²) >= 11 is 5.92. The zero-order chi connectivity index (χ0) is 14.5. The van der Waals surface area contributed by atoms with Crippen molar-refractivity contribution in [1.82, 2.24) is 5.32 Å². The summed E-state index contributed by atoms with van der Waals surface area (Å²) in [5.41, 5.74) is 0.879. The number of hydrogen-bond donors (Lipinski definition) is 1. The van der Waals surface area contributed by atoms with E-state index in [1.807, 2.05) is 0 Å². The summed E-state index contributed by atoms with van der Waals surface area (Å²) in [4.78, 5) is 0. The van der Waals surface area contributed by atoms with Crippen LogP contribution in [0.3, 0.4) is 0 Å². The smallest absolute Gasteiger partial charge is 0.126 e. The fourth-order valence-corrected chi connectivity index (χ4v) is 2.39. The summed E-state index contributed by atoms with van der Waals surface area (Å²) in [5.74, 6) is -0.160. The van der Waals surface area contributed by atoms with Gasteiger partial charge in [-0.1, -0.05) is 39.3 Å². The highest BCUT2D eigenvalue weighted by molar-refractivity contribution is 6.30. The monoisotopic (exact) mass is 285 g/mol.